The van der Waals surface area contributed by atoms with Gasteiger partial charge < -0.3 is 14.6 Å². The van der Waals surface area contributed by atoms with Crippen molar-refractivity contribution in [2.75, 3.05) is 6.54 Å². The van der Waals surface area contributed by atoms with E-state index in [1.807, 2.05) is 25.2 Å². The van der Waals surface area contributed by atoms with Crippen LogP contribution < -0.4 is 10.1 Å². The van der Waals surface area contributed by atoms with E-state index >= 15 is 0 Å². The zero-order valence-corrected chi connectivity index (χ0v) is 12.1. The van der Waals surface area contributed by atoms with Crippen LogP contribution in [0.5, 0.6) is 5.75 Å². The molecule has 1 aromatic heterocycles. The average Bonchev–Trinajstić information content (AvgIpc) is 2.67. The van der Waals surface area contributed by atoms with Crippen LogP contribution in [0.25, 0.3) is 0 Å². The van der Waals surface area contributed by atoms with E-state index in [4.69, 9.17) is 4.74 Å². The molecular formula is C16H20N2O2. The summed E-state index contributed by atoms with van der Waals surface area (Å²) < 4.78 is 7.31. The maximum absolute atomic E-state index is 11.6. The Bertz CT molecular complexity index is 588. The molecule has 0 aliphatic rings. The number of aromatic nitrogens is 1. The smallest absolute Gasteiger partial charge is 0.410 e. The normalized spacial score (nSPS) is 10.3. The average molecular weight is 272 g/mol. The van der Waals surface area contributed by atoms with Crippen molar-refractivity contribution in [1.29, 1.82) is 0 Å². The highest BCUT2D eigenvalue weighted by atomic mass is 16.5. The van der Waals surface area contributed by atoms with Crippen LogP contribution in [0.4, 0.5) is 4.79 Å². The summed E-state index contributed by atoms with van der Waals surface area (Å²) in [7, 11) is 2.05. The molecule has 1 amide bonds. The van der Waals surface area contributed by atoms with Crippen molar-refractivity contribution >= 4 is 6.09 Å². The first kappa shape index (κ1) is 14.2. The molecule has 2 rings (SSSR count). The molecule has 4 nitrogen and oxygen atoms in total. The number of carbonyl (C=O) groups excluding carboxylic acids is 1. The molecule has 0 fully saturated rings. The molecule has 2 aromatic rings. The molecule has 20 heavy (non-hydrogen) atoms. The Morgan fingerprint density at radius 1 is 1.25 bits per heavy atom. The molecule has 1 heterocycles. The van der Waals surface area contributed by atoms with Crippen LogP contribution in [-0.2, 0) is 13.5 Å². The fraction of sp³-hybridized carbons (Fsp3) is 0.312. The molecular weight excluding hydrogens is 252 g/mol. The summed E-state index contributed by atoms with van der Waals surface area (Å²) in [5.41, 5.74) is 3.72. The second-order valence-corrected chi connectivity index (χ2v) is 4.83. The highest BCUT2D eigenvalue weighted by molar-refractivity contribution is 5.70. The van der Waals surface area contributed by atoms with Gasteiger partial charge in [0.05, 0.1) is 0 Å². The summed E-state index contributed by atoms with van der Waals surface area (Å²) in [6.07, 6.45) is 0.388. The first-order valence-corrected chi connectivity index (χ1v) is 6.70. The highest BCUT2D eigenvalue weighted by Gasteiger charge is 2.07. The van der Waals surface area contributed by atoms with Crippen molar-refractivity contribution in [2.45, 2.75) is 20.3 Å². The molecule has 0 aliphatic carbocycles. The third kappa shape index (κ3) is 3.41. The van der Waals surface area contributed by atoms with E-state index in [2.05, 4.69) is 29.8 Å². The van der Waals surface area contributed by atoms with Crippen LogP contribution >= 0.6 is 0 Å². The third-order valence-corrected chi connectivity index (χ3v) is 3.50. The largest absolute Gasteiger partial charge is 0.412 e. The van der Waals surface area contributed by atoms with Crippen LogP contribution in [0.1, 0.15) is 17.0 Å². The van der Waals surface area contributed by atoms with Gasteiger partial charge in [-0.3, -0.25) is 0 Å². The number of aryl methyl sites for hydroxylation is 1. The number of hydrogen-bond donors (Lipinski definition) is 1. The molecule has 0 bridgehead atoms. The van der Waals surface area contributed by atoms with Crippen LogP contribution in [0.15, 0.2) is 36.4 Å². The first-order valence-electron chi connectivity index (χ1n) is 6.70. The monoisotopic (exact) mass is 272 g/mol. The van der Waals surface area contributed by atoms with Gasteiger partial charge in [0.2, 0.25) is 0 Å². The Balaban J connectivity index is 1.81. The lowest BCUT2D eigenvalue weighted by Gasteiger charge is -2.06. The van der Waals surface area contributed by atoms with Crippen molar-refractivity contribution in [1.82, 2.24) is 9.88 Å². The number of nitrogens with zero attached hydrogens (tertiary/aromatic N) is 1. The molecule has 4 heteroatoms. The second-order valence-electron chi connectivity index (χ2n) is 4.83. The minimum Gasteiger partial charge on any atom is -0.410 e. The Morgan fingerprint density at radius 3 is 2.55 bits per heavy atom. The van der Waals surface area contributed by atoms with Gasteiger partial charge in [0, 0.05) is 25.0 Å². The number of amides is 1. The van der Waals surface area contributed by atoms with Gasteiger partial charge in [-0.25, -0.2) is 4.79 Å². The minimum absolute atomic E-state index is 0.415. The summed E-state index contributed by atoms with van der Waals surface area (Å²) in [6, 6.07) is 11.2. The summed E-state index contributed by atoms with van der Waals surface area (Å²) in [5, 5.41) is 2.77. The van der Waals surface area contributed by atoms with E-state index < -0.39 is 6.09 Å². The lowest BCUT2D eigenvalue weighted by Crippen LogP contribution is -2.28. The van der Waals surface area contributed by atoms with Crippen molar-refractivity contribution in [2.24, 2.45) is 7.05 Å². The SMILES string of the molecule is Cc1cc(CCNC(=O)Oc2ccccc2)c(C)n1C. The molecule has 0 saturated heterocycles. The molecule has 0 saturated carbocycles. The predicted octanol–water partition coefficient (Wildman–Crippen LogP) is 2.97. The van der Waals surface area contributed by atoms with Gasteiger partial charge in [0.1, 0.15) is 5.75 Å². The van der Waals surface area contributed by atoms with Crippen LogP contribution in [0, 0.1) is 13.8 Å². The maximum Gasteiger partial charge on any atom is 0.412 e. The zero-order valence-electron chi connectivity index (χ0n) is 12.1. The Kier molecular flexibility index (Phi) is 4.45. The summed E-state index contributed by atoms with van der Waals surface area (Å²) >= 11 is 0. The van der Waals surface area contributed by atoms with Gasteiger partial charge in [0.25, 0.3) is 0 Å². The number of hydrogen-bond acceptors (Lipinski definition) is 2. The molecule has 1 N–H and O–H groups in total. The Morgan fingerprint density at radius 2 is 1.95 bits per heavy atom. The van der Waals surface area contributed by atoms with E-state index in [-0.39, 0.29) is 0 Å². The summed E-state index contributed by atoms with van der Waals surface area (Å²) in [4.78, 5) is 11.6. The molecule has 0 atom stereocenters. The maximum atomic E-state index is 11.6. The fourth-order valence-electron chi connectivity index (χ4n) is 2.12. The number of rotatable bonds is 4. The van der Waals surface area contributed by atoms with Gasteiger partial charge in [-0.15, -0.1) is 0 Å². The van der Waals surface area contributed by atoms with Crippen molar-refractivity contribution in [3.8, 4) is 5.75 Å². The Hall–Kier alpha value is -2.23. The molecule has 1 aromatic carbocycles. The lowest BCUT2D eigenvalue weighted by molar-refractivity contribution is 0.200. The number of nitrogens with one attached hydrogen (secondary N) is 1. The number of carbonyl (C=O) groups is 1. The molecule has 0 spiro atoms. The Labute approximate surface area is 119 Å². The quantitative estimate of drug-likeness (QED) is 0.930. The fourth-order valence-corrected chi connectivity index (χ4v) is 2.12. The number of ether oxygens (including phenoxy) is 1. The van der Waals surface area contributed by atoms with E-state index in [0.717, 1.165) is 6.42 Å². The lowest BCUT2D eigenvalue weighted by atomic mass is 10.2. The van der Waals surface area contributed by atoms with E-state index in [9.17, 15) is 4.79 Å². The van der Waals surface area contributed by atoms with Crippen molar-refractivity contribution < 1.29 is 9.53 Å². The van der Waals surface area contributed by atoms with E-state index in [0.29, 0.717) is 12.3 Å². The molecule has 0 unspecified atom stereocenters. The van der Waals surface area contributed by atoms with Crippen LogP contribution in [-0.4, -0.2) is 17.2 Å². The zero-order chi connectivity index (χ0) is 14.5. The van der Waals surface area contributed by atoms with Gasteiger partial charge in [-0.05, 0) is 44.0 Å². The van der Waals surface area contributed by atoms with Crippen LogP contribution in [0.2, 0.25) is 0 Å². The third-order valence-electron chi connectivity index (χ3n) is 3.50. The van der Waals surface area contributed by atoms with Crippen molar-refractivity contribution in [3.63, 3.8) is 0 Å². The minimum atomic E-state index is -0.415. The summed E-state index contributed by atoms with van der Waals surface area (Å²) in [6.45, 7) is 4.73. The molecule has 106 valence electrons. The van der Waals surface area contributed by atoms with Gasteiger partial charge in [0.15, 0.2) is 0 Å². The molecule has 0 aliphatic heterocycles. The highest BCUT2D eigenvalue weighted by Crippen LogP contribution is 2.13. The van der Waals surface area contributed by atoms with Crippen LogP contribution in [0.3, 0.4) is 0 Å². The standard InChI is InChI=1S/C16H20N2O2/c1-12-11-14(13(2)18(12)3)9-10-17-16(19)20-15-7-5-4-6-8-15/h4-8,11H,9-10H2,1-3H3,(H,17,19). The molecule has 0 radical (unpaired) electrons. The van der Waals surface area contributed by atoms with E-state index in [1.54, 1.807) is 12.1 Å². The summed E-state index contributed by atoms with van der Waals surface area (Å²) in [5.74, 6) is 0.553. The number of benzene rings is 1. The van der Waals surface area contributed by atoms with Crippen molar-refractivity contribution in [3.05, 3.63) is 53.3 Å². The van der Waals surface area contributed by atoms with E-state index in [1.165, 1.54) is 17.0 Å². The predicted molar refractivity (Wildman–Crippen MR) is 79.1 cm³/mol. The first-order chi connectivity index (χ1) is 9.58. The second kappa shape index (κ2) is 6.28. The van der Waals surface area contributed by atoms with Gasteiger partial charge >= 0.3 is 6.09 Å². The van der Waals surface area contributed by atoms with Gasteiger partial charge in [-0.1, -0.05) is 18.2 Å². The number of para-hydroxylation sites is 1. The van der Waals surface area contributed by atoms with Gasteiger partial charge in [-0.2, -0.15) is 0 Å². The topological polar surface area (TPSA) is 43.3 Å².